The fourth-order valence-corrected chi connectivity index (χ4v) is 4.08. The Morgan fingerprint density at radius 3 is 2.56 bits per heavy atom. The van der Waals surface area contributed by atoms with Gasteiger partial charge in [-0.1, -0.05) is 29.8 Å². The van der Waals surface area contributed by atoms with E-state index < -0.39 is 23.6 Å². The van der Waals surface area contributed by atoms with Gasteiger partial charge in [0.2, 0.25) is 5.95 Å². The number of pyridine rings is 2. The first-order chi connectivity index (χ1) is 17.4. The first-order valence-corrected chi connectivity index (χ1v) is 10.9. The minimum Gasteiger partial charge on any atom is -0.373 e. The summed E-state index contributed by atoms with van der Waals surface area (Å²) in [6, 6.07) is 11.9. The summed E-state index contributed by atoms with van der Waals surface area (Å²) in [6.07, 6.45) is 4.07. The molecule has 1 atom stereocenters. The Morgan fingerprint density at radius 1 is 1.00 bits per heavy atom. The molecule has 2 aromatic heterocycles. The number of aromatic nitrogens is 2. The smallest absolute Gasteiger partial charge is 0.249 e. The van der Waals surface area contributed by atoms with Crippen molar-refractivity contribution in [3.8, 4) is 6.07 Å². The molecule has 3 heterocycles. The molecule has 0 radical (unpaired) electrons. The van der Waals surface area contributed by atoms with Crippen molar-refractivity contribution in [3.05, 3.63) is 100 Å². The van der Waals surface area contributed by atoms with Crippen molar-refractivity contribution in [2.45, 2.75) is 6.04 Å². The highest BCUT2D eigenvalue weighted by atomic mass is 35.5. The van der Waals surface area contributed by atoms with Crippen LogP contribution < -0.4 is 27.0 Å². The van der Waals surface area contributed by atoms with Gasteiger partial charge in [-0.05, 0) is 18.2 Å². The maximum Gasteiger partial charge on any atom is 0.249 e. The predicted molar refractivity (Wildman–Crippen MR) is 129 cm³/mol. The van der Waals surface area contributed by atoms with Gasteiger partial charge < -0.3 is 21.5 Å². The van der Waals surface area contributed by atoms with Crippen molar-refractivity contribution in [1.29, 1.82) is 5.26 Å². The van der Waals surface area contributed by atoms with E-state index in [4.69, 9.17) is 11.6 Å². The Kier molecular flexibility index (Phi) is 6.20. The Hall–Kier alpha value is -4.53. The highest BCUT2D eigenvalue weighted by Gasteiger charge is 2.23. The number of hydrazine groups is 2. The zero-order chi connectivity index (χ0) is 25.2. The van der Waals surface area contributed by atoms with E-state index in [1.54, 1.807) is 36.5 Å². The van der Waals surface area contributed by atoms with Crippen molar-refractivity contribution in [2.24, 2.45) is 0 Å². The first-order valence-electron chi connectivity index (χ1n) is 10.5. The van der Waals surface area contributed by atoms with Crippen LogP contribution in [0.3, 0.4) is 0 Å². The van der Waals surface area contributed by atoms with Gasteiger partial charge in [-0.25, -0.2) is 13.8 Å². The molecule has 12 heteroatoms. The zero-order valence-electron chi connectivity index (χ0n) is 18.2. The number of hydrogen-bond donors (Lipinski definition) is 5. The molecule has 8 nitrogen and oxygen atoms in total. The molecule has 180 valence electrons. The van der Waals surface area contributed by atoms with Crippen LogP contribution in [-0.2, 0) is 0 Å². The lowest BCUT2D eigenvalue weighted by molar-refractivity contribution is 0.480. The van der Waals surface area contributed by atoms with Gasteiger partial charge in [0.15, 0.2) is 5.82 Å². The van der Waals surface area contributed by atoms with Gasteiger partial charge in [-0.15, -0.1) is 0 Å². The molecule has 0 spiro atoms. The molecular formula is C24H16ClF3N8. The molecule has 0 aliphatic carbocycles. The normalized spacial score (nSPS) is 13.4. The van der Waals surface area contributed by atoms with Crippen LogP contribution in [0.2, 0.25) is 5.02 Å². The third-order valence-electron chi connectivity index (χ3n) is 5.46. The zero-order valence-corrected chi connectivity index (χ0v) is 19.0. The summed E-state index contributed by atoms with van der Waals surface area (Å²) >= 11 is 6.53. The summed E-state index contributed by atoms with van der Waals surface area (Å²) in [5.41, 5.74) is 10.8. The molecule has 36 heavy (non-hydrogen) atoms. The van der Waals surface area contributed by atoms with Gasteiger partial charge >= 0.3 is 0 Å². The molecule has 0 saturated heterocycles. The Bertz CT molecular complexity index is 1550. The molecule has 1 aliphatic heterocycles. The van der Waals surface area contributed by atoms with E-state index in [-0.39, 0.29) is 22.0 Å². The number of nitriles is 1. The van der Waals surface area contributed by atoms with Crippen LogP contribution in [0.4, 0.5) is 30.2 Å². The second-order valence-corrected chi connectivity index (χ2v) is 8.13. The maximum atomic E-state index is 14.7. The second kappa shape index (κ2) is 9.61. The van der Waals surface area contributed by atoms with E-state index >= 15 is 0 Å². The van der Waals surface area contributed by atoms with E-state index in [2.05, 4.69) is 37.0 Å². The molecule has 0 unspecified atom stereocenters. The number of nitrogens with one attached hydrogen (secondary N) is 5. The first kappa shape index (κ1) is 23.2. The lowest BCUT2D eigenvalue weighted by Crippen LogP contribution is -2.34. The van der Waals surface area contributed by atoms with Gasteiger partial charge in [0, 0.05) is 35.1 Å². The summed E-state index contributed by atoms with van der Waals surface area (Å²) in [5, 5.41) is 16.5. The maximum absolute atomic E-state index is 14.7. The van der Waals surface area contributed by atoms with Crippen molar-refractivity contribution in [3.63, 3.8) is 0 Å². The predicted octanol–water partition coefficient (Wildman–Crippen LogP) is 4.92. The van der Waals surface area contributed by atoms with Gasteiger partial charge in [-0.2, -0.15) is 15.2 Å². The van der Waals surface area contributed by atoms with Gasteiger partial charge in [0.25, 0.3) is 0 Å². The average molecular weight is 509 g/mol. The van der Waals surface area contributed by atoms with Crippen molar-refractivity contribution in [2.75, 3.05) is 10.6 Å². The number of anilines is 3. The lowest BCUT2D eigenvalue weighted by Gasteiger charge is -2.23. The van der Waals surface area contributed by atoms with E-state index in [0.717, 1.165) is 12.3 Å². The van der Waals surface area contributed by atoms with Crippen molar-refractivity contribution < 1.29 is 13.2 Å². The van der Waals surface area contributed by atoms with E-state index in [1.807, 2.05) is 6.07 Å². The van der Waals surface area contributed by atoms with Crippen LogP contribution >= 0.6 is 11.6 Å². The van der Waals surface area contributed by atoms with Gasteiger partial charge in [0.1, 0.15) is 11.9 Å². The number of halogens is 4. The van der Waals surface area contributed by atoms with E-state index in [1.165, 1.54) is 12.3 Å². The van der Waals surface area contributed by atoms with Crippen LogP contribution in [0.25, 0.3) is 10.9 Å². The van der Waals surface area contributed by atoms with Gasteiger partial charge in [0.05, 0.1) is 45.4 Å². The SMILES string of the molecule is N#Cc1cnc2c(Cl)cc(N[C@H](C3=CNNN3)c3ccccc3F)cc2c1Nc1cnc(F)c(F)c1. The fourth-order valence-electron chi connectivity index (χ4n) is 3.81. The van der Waals surface area contributed by atoms with Crippen molar-refractivity contribution >= 4 is 39.6 Å². The fraction of sp³-hybridized carbons (Fsp3) is 0.0417. The summed E-state index contributed by atoms with van der Waals surface area (Å²) < 4.78 is 41.8. The number of fused-ring (bicyclic) bond motifs is 1. The topological polar surface area (TPSA) is 110 Å². The van der Waals surface area contributed by atoms with Gasteiger partial charge in [-0.3, -0.25) is 4.98 Å². The van der Waals surface area contributed by atoms with E-state index in [9.17, 15) is 18.4 Å². The highest BCUT2D eigenvalue weighted by molar-refractivity contribution is 6.36. The number of benzene rings is 2. The lowest BCUT2D eigenvalue weighted by atomic mass is 10.0. The van der Waals surface area contributed by atoms with Crippen LogP contribution in [0.15, 0.2) is 66.8 Å². The molecule has 1 aliphatic rings. The molecule has 5 rings (SSSR count). The average Bonchev–Trinajstić information content (AvgIpc) is 3.40. The van der Waals surface area contributed by atoms with Crippen LogP contribution in [0, 0.1) is 28.9 Å². The Balaban J connectivity index is 1.61. The Morgan fingerprint density at radius 2 is 1.83 bits per heavy atom. The van der Waals surface area contributed by atoms with E-state index in [0.29, 0.717) is 27.9 Å². The number of nitrogens with zero attached hydrogens (tertiary/aromatic N) is 3. The largest absolute Gasteiger partial charge is 0.373 e. The molecule has 4 aromatic rings. The molecular weight excluding hydrogens is 493 g/mol. The van der Waals surface area contributed by atoms with Crippen LogP contribution in [-0.4, -0.2) is 9.97 Å². The third kappa shape index (κ3) is 4.43. The second-order valence-electron chi connectivity index (χ2n) is 7.73. The third-order valence-corrected chi connectivity index (χ3v) is 5.74. The van der Waals surface area contributed by atoms with Crippen LogP contribution in [0.1, 0.15) is 17.2 Å². The van der Waals surface area contributed by atoms with Crippen molar-refractivity contribution in [1.82, 2.24) is 26.4 Å². The molecule has 0 fully saturated rings. The minimum absolute atomic E-state index is 0.120. The number of rotatable bonds is 6. The minimum atomic E-state index is -1.24. The molecule has 2 aromatic carbocycles. The number of hydrogen-bond acceptors (Lipinski definition) is 8. The highest BCUT2D eigenvalue weighted by Crippen LogP contribution is 2.37. The monoisotopic (exact) mass is 508 g/mol. The summed E-state index contributed by atoms with van der Waals surface area (Å²) in [7, 11) is 0. The quantitative estimate of drug-likeness (QED) is 0.233. The molecule has 0 bridgehead atoms. The summed E-state index contributed by atoms with van der Waals surface area (Å²) in [6.45, 7) is 0. The molecule has 5 N–H and O–H groups in total. The van der Waals surface area contributed by atoms with Crippen LogP contribution in [0.5, 0.6) is 0 Å². The summed E-state index contributed by atoms with van der Waals surface area (Å²) in [5.74, 6) is -2.81. The molecule has 0 amide bonds. The standard InChI is InChI=1S/C24H16ClF3N8/c25-17-6-13(33-23(20-11-32-36-35-20)15-3-1-2-4-18(15)26)5-16-21(12(8-29)9-30-22(16)17)34-14-7-19(27)24(28)31-10-14/h1-7,9-11,23,32-33,35-36H,(H,30,34)/t23-/m0/s1. The Labute approximate surface area is 207 Å². The summed E-state index contributed by atoms with van der Waals surface area (Å²) in [4.78, 5) is 7.65. The molecule has 0 saturated carbocycles.